The number of imidazole rings is 1. The number of pyridine rings is 1. The average Bonchev–Trinajstić information content (AvgIpc) is 3.48. The van der Waals surface area contributed by atoms with Gasteiger partial charge in [0, 0.05) is 23.4 Å². The fraction of sp³-hybridized carbons (Fsp3) is 0.429. The van der Waals surface area contributed by atoms with Gasteiger partial charge in [0.25, 0.3) is 5.91 Å². The first-order valence-corrected chi connectivity index (χ1v) is 13.0. The van der Waals surface area contributed by atoms with Gasteiger partial charge < -0.3 is 19.7 Å². The second kappa shape index (κ2) is 13.1. The number of amides is 1. The second-order valence-electron chi connectivity index (χ2n) is 8.49. The number of aliphatic hydroxyl groups is 1. The largest absolute Gasteiger partial charge is 0.391 e. The Kier molecular flexibility index (Phi) is 9.93. The van der Waals surface area contributed by atoms with E-state index in [-0.39, 0.29) is 12.5 Å². The number of hydrogen-bond acceptors (Lipinski definition) is 7. The van der Waals surface area contributed by atoms with Gasteiger partial charge in [0.2, 0.25) is 11.7 Å². The monoisotopic (exact) mass is 507 g/mol. The van der Waals surface area contributed by atoms with E-state index in [1.165, 1.54) is 0 Å². The summed E-state index contributed by atoms with van der Waals surface area (Å²) in [5.74, 6) is 1.31. The molecule has 3 aromatic heterocycles. The Morgan fingerprint density at radius 2 is 1.97 bits per heavy atom. The highest BCUT2D eigenvalue weighted by Gasteiger charge is 2.29. The van der Waals surface area contributed by atoms with Crippen LogP contribution in [0.25, 0.3) is 17.0 Å². The smallest absolute Gasteiger partial charge is 0.274 e. The zero-order valence-electron chi connectivity index (χ0n) is 22.5. The molecule has 1 atom stereocenters. The Bertz CT molecular complexity index is 1310. The van der Waals surface area contributed by atoms with E-state index in [0.29, 0.717) is 41.3 Å². The van der Waals surface area contributed by atoms with Gasteiger partial charge in [0.15, 0.2) is 0 Å². The van der Waals surface area contributed by atoms with Crippen molar-refractivity contribution in [2.24, 2.45) is 0 Å². The maximum Gasteiger partial charge on any atom is 0.274 e. The van der Waals surface area contributed by atoms with Crippen molar-refractivity contribution < 1.29 is 19.2 Å². The lowest BCUT2D eigenvalue weighted by molar-refractivity contribution is 0.0376. The lowest BCUT2D eigenvalue weighted by Crippen LogP contribution is -2.15. The summed E-state index contributed by atoms with van der Waals surface area (Å²) in [4.78, 5) is 21.9. The van der Waals surface area contributed by atoms with E-state index < -0.39 is 6.10 Å². The summed E-state index contributed by atoms with van der Waals surface area (Å²) >= 11 is 0. The lowest BCUT2D eigenvalue weighted by atomic mass is 10.1. The summed E-state index contributed by atoms with van der Waals surface area (Å²) in [5.41, 5.74) is 4.35. The van der Waals surface area contributed by atoms with Crippen LogP contribution in [0, 0.1) is 6.92 Å². The van der Waals surface area contributed by atoms with E-state index in [9.17, 15) is 9.90 Å². The van der Waals surface area contributed by atoms with Gasteiger partial charge in [-0.25, -0.2) is 4.98 Å². The van der Waals surface area contributed by atoms with E-state index >= 15 is 0 Å². The molecule has 198 valence electrons. The van der Waals surface area contributed by atoms with Gasteiger partial charge in [-0.2, -0.15) is 4.98 Å². The first-order chi connectivity index (χ1) is 18.0. The van der Waals surface area contributed by atoms with Crippen LogP contribution in [0.1, 0.15) is 80.9 Å². The van der Waals surface area contributed by atoms with Gasteiger partial charge in [-0.05, 0) is 56.0 Å². The number of aryl methyl sites for hydroxylation is 1. The minimum atomic E-state index is -0.516. The predicted octanol–water partition coefficient (Wildman–Crippen LogP) is 5.77. The van der Waals surface area contributed by atoms with Crippen LogP contribution in [0.3, 0.4) is 0 Å². The van der Waals surface area contributed by atoms with Gasteiger partial charge in [0.1, 0.15) is 11.3 Å². The van der Waals surface area contributed by atoms with Crippen molar-refractivity contribution in [3.63, 3.8) is 0 Å². The molecule has 1 saturated carbocycles. The summed E-state index contributed by atoms with van der Waals surface area (Å²) in [6.45, 7) is 12.2. The van der Waals surface area contributed by atoms with Crippen LogP contribution in [0.15, 0.2) is 47.2 Å². The average molecular weight is 508 g/mol. The van der Waals surface area contributed by atoms with E-state index in [1.807, 2.05) is 65.0 Å². The van der Waals surface area contributed by atoms with Crippen LogP contribution in [0.4, 0.5) is 5.69 Å². The van der Waals surface area contributed by atoms with Crippen molar-refractivity contribution in [2.45, 2.75) is 73.0 Å². The molecule has 9 heteroatoms. The number of hydrogen-bond donors (Lipinski definition) is 2. The number of fused-ring (bicyclic) bond motifs is 1. The predicted molar refractivity (Wildman–Crippen MR) is 144 cm³/mol. The summed E-state index contributed by atoms with van der Waals surface area (Å²) in [7, 11) is 0. The molecule has 1 unspecified atom stereocenters. The first kappa shape index (κ1) is 28.0. The molecule has 0 bridgehead atoms. The van der Waals surface area contributed by atoms with Crippen LogP contribution >= 0.6 is 0 Å². The molecule has 1 aliphatic carbocycles. The molecule has 2 N–H and O–H groups in total. The van der Waals surface area contributed by atoms with Crippen molar-refractivity contribution in [2.75, 3.05) is 11.9 Å². The first-order valence-electron chi connectivity index (χ1n) is 13.0. The molecule has 9 nitrogen and oxygen atoms in total. The molecule has 1 aromatic carbocycles. The number of ether oxygens (including phenoxy) is 1. The van der Waals surface area contributed by atoms with E-state index in [1.54, 1.807) is 23.7 Å². The van der Waals surface area contributed by atoms with Crippen molar-refractivity contribution in [1.29, 1.82) is 0 Å². The molecule has 1 amide bonds. The SMILES string of the molecule is CC.CC.Cc1ccc(-c2noc(C3CC3)n2)cc1NC(=O)c1cnc2cc(COCC(C)O)ccn12. The molecule has 4 aromatic rings. The maximum absolute atomic E-state index is 13.0. The molecule has 0 aliphatic heterocycles. The second-order valence-corrected chi connectivity index (χ2v) is 8.49. The summed E-state index contributed by atoms with van der Waals surface area (Å²) < 4.78 is 12.6. The fourth-order valence-electron chi connectivity index (χ4n) is 3.56. The Hall–Kier alpha value is -3.56. The molecular weight excluding hydrogens is 470 g/mol. The molecule has 3 heterocycles. The van der Waals surface area contributed by atoms with E-state index in [0.717, 1.165) is 29.5 Å². The molecule has 5 rings (SSSR count). The minimum Gasteiger partial charge on any atom is -0.391 e. The topological polar surface area (TPSA) is 115 Å². The maximum atomic E-state index is 13.0. The third-order valence-corrected chi connectivity index (χ3v) is 5.55. The molecule has 0 radical (unpaired) electrons. The molecule has 1 aliphatic rings. The number of benzene rings is 1. The highest BCUT2D eigenvalue weighted by atomic mass is 16.5. The standard InChI is InChI=1S/C24H25N5O4.2C2H6/c1-14-3-4-18(22-27-24(33-28-22)17-5-6-17)10-19(14)26-23(31)20-11-25-21-9-16(7-8-29(20)21)13-32-12-15(2)30;2*1-2/h3-4,7-11,15,17,30H,5-6,12-13H2,1-2H3,(H,26,31);2*1-2H3. The van der Waals surface area contributed by atoms with Crippen LogP contribution in [0.2, 0.25) is 0 Å². The quantitative estimate of drug-likeness (QED) is 0.311. The van der Waals surface area contributed by atoms with Gasteiger partial charge in [-0.15, -0.1) is 0 Å². The number of nitrogens with zero attached hydrogens (tertiary/aromatic N) is 4. The van der Waals surface area contributed by atoms with Crippen molar-refractivity contribution in [3.05, 3.63) is 65.4 Å². The number of aromatic nitrogens is 4. The third-order valence-electron chi connectivity index (χ3n) is 5.55. The Morgan fingerprint density at radius 3 is 2.68 bits per heavy atom. The van der Waals surface area contributed by atoms with Crippen LogP contribution < -0.4 is 5.32 Å². The molecule has 37 heavy (non-hydrogen) atoms. The number of carbonyl (C=O) groups is 1. The normalized spacial score (nSPS) is 13.3. The Morgan fingerprint density at radius 1 is 1.22 bits per heavy atom. The van der Waals surface area contributed by atoms with Crippen LogP contribution in [-0.2, 0) is 11.3 Å². The van der Waals surface area contributed by atoms with Gasteiger partial charge >= 0.3 is 0 Å². The zero-order chi connectivity index (χ0) is 26.9. The van der Waals surface area contributed by atoms with Gasteiger partial charge in [-0.1, -0.05) is 45.0 Å². The van der Waals surface area contributed by atoms with Gasteiger partial charge in [-0.3, -0.25) is 9.20 Å². The highest BCUT2D eigenvalue weighted by molar-refractivity contribution is 6.04. The van der Waals surface area contributed by atoms with Crippen LogP contribution in [0.5, 0.6) is 0 Å². The molecular formula is C28H37N5O4. The summed E-state index contributed by atoms with van der Waals surface area (Å²) in [6, 6.07) is 9.43. The van der Waals surface area contributed by atoms with E-state index in [4.69, 9.17) is 9.26 Å². The minimum absolute atomic E-state index is 0.261. The summed E-state index contributed by atoms with van der Waals surface area (Å²) in [6.07, 6.45) is 5.00. The molecule has 0 saturated heterocycles. The van der Waals surface area contributed by atoms with E-state index in [2.05, 4.69) is 20.4 Å². The lowest BCUT2D eigenvalue weighted by Gasteiger charge is -2.10. The third kappa shape index (κ3) is 7.02. The Balaban J connectivity index is 0.000000907. The van der Waals surface area contributed by atoms with Crippen LogP contribution in [-0.4, -0.2) is 43.2 Å². The van der Waals surface area contributed by atoms with Gasteiger partial charge in [0.05, 0.1) is 25.5 Å². The van der Waals surface area contributed by atoms with Crippen molar-refractivity contribution in [1.82, 2.24) is 19.5 Å². The van der Waals surface area contributed by atoms with Crippen molar-refractivity contribution >= 4 is 17.2 Å². The summed E-state index contributed by atoms with van der Waals surface area (Å²) in [5, 5.41) is 16.4. The zero-order valence-corrected chi connectivity index (χ0v) is 22.5. The van der Waals surface area contributed by atoms with Crippen molar-refractivity contribution in [3.8, 4) is 11.4 Å². The number of aliphatic hydroxyl groups excluding tert-OH is 1. The molecule has 1 fully saturated rings. The number of rotatable bonds is 8. The number of carbonyl (C=O) groups excluding carboxylic acids is 1. The number of anilines is 1. The Labute approximate surface area is 217 Å². The fourth-order valence-corrected chi connectivity index (χ4v) is 3.56. The molecule has 0 spiro atoms. The number of nitrogens with one attached hydrogen (secondary N) is 1. The highest BCUT2D eigenvalue weighted by Crippen LogP contribution is 2.39.